The van der Waals surface area contributed by atoms with Gasteiger partial charge in [0, 0.05) is 12.0 Å². The van der Waals surface area contributed by atoms with Crippen molar-refractivity contribution in [3.05, 3.63) is 11.6 Å². The molecule has 4 heteroatoms. The molecular formula is C8H12O4. The molecule has 0 bridgehead atoms. The van der Waals surface area contributed by atoms with Crippen LogP contribution >= 0.6 is 0 Å². The lowest BCUT2D eigenvalue weighted by atomic mass is 9.98. The number of ether oxygens (including phenoxy) is 1. The summed E-state index contributed by atoms with van der Waals surface area (Å²) in [5, 5.41) is 17.7. The molecule has 0 saturated carbocycles. The fourth-order valence-electron chi connectivity index (χ4n) is 1.37. The monoisotopic (exact) mass is 172 g/mol. The molecule has 1 heterocycles. The lowest BCUT2D eigenvalue weighted by Gasteiger charge is -2.08. The fraction of sp³-hybridized carbons (Fsp3) is 0.625. The Balaban J connectivity index is 0.000000720. The maximum Gasteiger partial charge on any atom is 0.331 e. The maximum atomic E-state index is 10.4. The number of aliphatic hydroxyl groups excluding tert-OH is 1. The second kappa shape index (κ2) is 2.88. The number of aliphatic hydroxyl groups is 1. The molecule has 0 aromatic carbocycles. The summed E-state index contributed by atoms with van der Waals surface area (Å²) >= 11 is 0. The molecule has 3 atom stereocenters. The molecule has 4 nitrogen and oxygen atoms in total. The Bertz CT molecular complexity index is 233. The first kappa shape index (κ1) is 9.22. The van der Waals surface area contributed by atoms with Crippen molar-refractivity contribution < 1.29 is 19.7 Å². The Morgan fingerprint density at radius 3 is 2.83 bits per heavy atom. The molecule has 1 aliphatic heterocycles. The highest BCUT2D eigenvalue weighted by atomic mass is 16.6. The SMILES string of the molecule is C.O=C(O)C1=C[C@@H](O)[C@@H]2O[C@@H]2C1. The lowest BCUT2D eigenvalue weighted by Crippen LogP contribution is -2.22. The van der Waals surface area contributed by atoms with Gasteiger partial charge in [0.25, 0.3) is 0 Å². The summed E-state index contributed by atoms with van der Waals surface area (Å²) in [7, 11) is 0. The Morgan fingerprint density at radius 2 is 2.33 bits per heavy atom. The van der Waals surface area contributed by atoms with Crippen LogP contribution in [0.1, 0.15) is 13.8 Å². The van der Waals surface area contributed by atoms with E-state index >= 15 is 0 Å². The molecule has 1 fully saturated rings. The van der Waals surface area contributed by atoms with Crippen LogP contribution in [-0.2, 0) is 9.53 Å². The molecule has 0 amide bonds. The van der Waals surface area contributed by atoms with Crippen LogP contribution in [0.25, 0.3) is 0 Å². The van der Waals surface area contributed by atoms with Crippen LogP contribution in [0.2, 0.25) is 0 Å². The minimum Gasteiger partial charge on any atom is -0.478 e. The van der Waals surface area contributed by atoms with Crippen molar-refractivity contribution in [1.29, 1.82) is 0 Å². The van der Waals surface area contributed by atoms with Crippen molar-refractivity contribution in [2.24, 2.45) is 0 Å². The molecule has 0 spiro atoms. The van der Waals surface area contributed by atoms with Crippen molar-refractivity contribution in [2.75, 3.05) is 0 Å². The minimum absolute atomic E-state index is 0. The van der Waals surface area contributed by atoms with Crippen LogP contribution in [0.15, 0.2) is 11.6 Å². The molecule has 2 aliphatic rings. The third kappa shape index (κ3) is 1.35. The standard InChI is InChI=1S/C7H8O4.CH4/c8-4-1-3(7(9)10)2-5-6(4)11-5;/h1,4-6,8H,2H2,(H,9,10);1H4/t4-,5-,6+;/m1./s1. The molecule has 0 aromatic rings. The van der Waals surface area contributed by atoms with Gasteiger partial charge in [-0.05, 0) is 6.08 Å². The molecule has 1 saturated heterocycles. The van der Waals surface area contributed by atoms with Crippen LogP contribution in [-0.4, -0.2) is 34.5 Å². The highest BCUT2D eigenvalue weighted by Gasteiger charge is 2.47. The zero-order valence-electron chi connectivity index (χ0n) is 5.73. The highest BCUT2D eigenvalue weighted by molar-refractivity contribution is 5.87. The number of hydrogen-bond donors (Lipinski definition) is 2. The first-order valence-electron chi connectivity index (χ1n) is 3.46. The zero-order valence-corrected chi connectivity index (χ0v) is 5.73. The second-order valence-corrected chi connectivity index (χ2v) is 2.83. The first-order chi connectivity index (χ1) is 5.18. The number of fused-ring (bicyclic) bond motifs is 1. The van der Waals surface area contributed by atoms with Gasteiger partial charge in [-0.3, -0.25) is 0 Å². The summed E-state index contributed by atoms with van der Waals surface area (Å²) < 4.78 is 5.01. The maximum absolute atomic E-state index is 10.4. The van der Waals surface area contributed by atoms with Gasteiger partial charge in [-0.1, -0.05) is 7.43 Å². The predicted octanol–water partition coefficient (Wildman–Crippen LogP) is 0.165. The van der Waals surface area contributed by atoms with E-state index in [2.05, 4.69) is 0 Å². The van der Waals surface area contributed by atoms with Crippen LogP contribution in [0, 0.1) is 0 Å². The number of rotatable bonds is 1. The van der Waals surface area contributed by atoms with E-state index in [1.54, 1.807) is 0 Å². The van der Waals surface area contributed by atoms with Crippen LogP contribution in [0.3, 0.4) is 0 Å². The van der Waals surface area contributed by atoms with E-state index in [1.807, 2.05) is 0 Å². The zero-order chi connectivity index (χ0) is 8.01. The summed E-state index contributed by atoms with van der Waals surface area (Å²) in [5.74, 6) is -0.960. The Hall–Kier alpha value is -0.870. The molecule has 0 aromatic heterocycles. The van der Waals surface area contributed by atoms with Gasteiger partial charge in [-0.15, -0.1) is 0 Å². The summed E-state index contributed by atoms with van der Waals surface area (Å²) in [5.41, 5.74) is 0.260. The second-order valence-electron chi connectivity index (χ2n) is 2.83. The van der Waals surface area contributed by atoms with Gasteiger partial charge < -0.3 is 14.9 Å². The van der Waals surface area contributed by atoms with Crippen LogP contribution in [0.4, 0.5) is 0 Å². The van der Waals surface area contributed by atoms with E-state index in [4.69, 9.17) is 9.84 Å². The molecule has 12 heavy (non-hydrogen) atoms. The number of carboxylic acids is 1. The molecule has 0 radical (unpaired) electrons. The van der Waals surface area contributed by atoms with Crippen molar-refractivity contribution in [2.45, 2.75) is 32.2 Å². The highest BCUT2D eigenvalue weighted by Crippen LogP contribution is 2.36. The van der Waals surface area contributed by atoms with Crippen molar-refractivity contribution >= 4 is 5.97 Å². The van der Waals surface area contributed by atoms with Crippen LogP contribution < -0.4 is 0 Å². The van der Waals surface area contributed by atoms with E-state index in [0.29, 0.717) is 6.42 Å². The number of aliphatic carboxylic acids is 1. The molecule has 1 aliphatic carbocycles. The third-order valence-electron chi connectivity index (χ3n) is 2.03. The quantitative estimate of drug-likeness (QED) is 0.553. The smallest absolute Gasteiger partial charge is 0.331 e. The van der Waals surface area contributed by atoms with E-state index in [0.717, 1.165) is 0 Å². The minimum atomic E-state index is -0.960. The molecule has 2 rings (SSSR count). The summed E-state index contributed by atoms with van der Waals surface area (Å²) in [6, 6.07) is 0. The van der Waals surface area contributed by atoms with E-state index in [-0.39, 0.29) is 25.2 Å². The van der Waals surface area contributed by atoms with Gasteiger partial charge in [-0.2, -0.15) is 0 Å². The van der Waals surface area contributed by atoms with Gasteiger partial charge >= 0.3 is 5.97 Å². The van der Waals surface area contributed by atoms with Crippen molar-refractivity contribution in [1.82, 2.24) is 0 Å². The lowest BCUT2D eigenvalue weighted by molar-refractivity contribution is -0.133. The van der Waals surface area contributed by atoms with E-state index < -0.39 is 12.1 Å². The Morgan fingerprint density at radius 1 is 1.67 bits per heavy atom. The predicted molar refractivity (Wildman–Crippen MR) is 41.7 cm³/mol. The molecular weight excluding hydrogens is 160 g/mol. The normalized spacial score (nSPS) is 37.4. The fourth-order valence-corrected chi connectivity index (χ4v) is 1.37. The average molecular weight is 172 g/mol. The van der Waals surface area contributed by atoms with Crippen molar-refractivity contribution in [3.63, 3.8) is 0 Å². The van der Waals surface area contributed by atoms with Gasteiger partial charge in [0.2, 0.25) is 0 Å². The van der Waals surface area contributed by atoms with E-state index in [9.17, 15) is 9.90 Å². The summed E-state index contributed by atoms with van der Waals surface area (Å²) in [6.45, 7) is 0. The average Bonchev–Trinajstić information content (AvgIpc) is 2.66. The topological polar surface area (TPSA) is 70.1 Å². The summed E-state index contributed by atoms with van der Waals surface area (Å²) in [4.78, 5) is 10.4. The van der Waals surface area contributed by atoms with Gasteiger partial charge in [0.15, 0.2) is 0 Å². The van der Waals surface area contributed by atoms with Gasteiger partial charge in [0.05, 0.1) is 6.10 Å². The van der Waals surface area contributed by atoms with Crippen molar-refractivity contribution in [3.8, 4) is 0 Å². The number of carboxylic acid groups (broad SMARTS) is 1. The number of hydrogen-bond acceptors (Lipinski definition) is 3. The first-order valence-corrected chi connectivity index (χ1v) is 3.46. The number of epoxide rings is 1. The van der Waals surface area contributed by atoms with E-state index in [1.165, 1.54) is 6.08 Å². The third-order valence-corrected chi connectivity index (χ3v) is 2.03. The Labute approximate surface area is 70.5 Å². The molecule has 68 valence electrons. The molecule has 0 unspecified atom stereocenters. The van der Waals surface area contributed by atoms with Crippen LogP contribution in [0.5, 0.6) is 0 Å². The van der Waals surface area contributed by atoms with Gasteiger partial charge in [-0.25, -0.2) is 4.79 Å². The Kier molecular flexibility index (Phi) is 2.21. The number of carbonyl (C=O) groups is 1. The van der Waals surface area contributed by atoms with Gasteiger partial charge in [0.1, 0.15) is 12.2 Å². The largest absolute Gasteiger partial charge is 0.478 e. The summed E-state index contributed by atoms with van der Waals surface area (Å²) in [6.07, 6.45) is 0.868. The molecule has 2 N–H and O–H groups in total.